The number of rotatable bonds is 6. The molecule has 0 fully saturated rings. The number of carbonyl (C=O) groups excluding carboxylic acids is 1. The van der Waals surface area contributed by atoms with E-state index in [-0.39, 0.29) is 18.1 Å². The Balaban J connectivity index is 1.50. The van der Waals surface area contributed by atoms with Crippen molar-refractivity contribution in [3.8, 4) is 28.8 Å². The topological polar surface area (TPSA) is 114 Å². The van der Waals surface area contributed by atoms with Crippen LogP contribution in [-0.2, 0) is 11.3 Å². The van der Waals surface area contributed by atoms with E-state index in [1.54, 1.807) is 32.4 Å². The zero-order chi connectivity index (χ0) is 24.5. The predicted molar refractivity (Wildman–Crippen MR) is 132 cm³/mol. The van der Waals surface area contributed by atoms with Crippen LogP contribution in [0.1, 0.15) is 5.56 Å². The van der Waals surface area contributed by atoms with Gasteiger partial charge in [0.25, 0.3) is 5.91 Å². The maximum atomic E-state index is 12.9. The summed E-state index contributed by atoms with van der Waals surface area (Å²) in [4.78, 5) is 20.5. The molecule has 2 aromatic heterocycles. The van der Waals surface area contributed by atoms with Crippen molar-refractivity contribution in [1.29, 1.82) is 0 Å². The van der Waals surface area contributed by atoms with Gasteiger partial charge in [-0.2, -0.15) is 0 Å². The van der Waals surface area contributed by atoms with Gasteiger partial charge in [-0.25, -0.2) is 4.98 Å². The Morgan fingerprint density at radius 3 is 2.51 bits per heavy atom. The second-order valence-electron chi connectivity index (χ2n) is 8.07. The standard InChI is InChI=1S/C26H23N5O4/c1-15-4-11-22-21(12-15)27-25(16-5-7-17(34-2)8-6-16)31(22)14-23(32)29-30-24-19-13-18(35-3)9-10-20(19)28-26(24)33/h4-13,28,33H,14H2,1-3H3. The van der Waals surface area contributed by atoms with Crippen molar-refractivity contribution < 1.29 is 19.4 Å². The molecule has 0 aliphatic heterocycles. The van der Waals surface area contributed by atoms with Crippen LogP contribution in [-0.4, -0.2) is 39.8 Å². The van der Waals surface area contributed by atoms with Gasteiger partial charge in [0.2, 0.25) is 5.88 Å². The van der Waals surface area contributed by atoms with Gasteiger partial charge in [0, 0.05) is 10.9 Å². The number of nitrogens with zero attached hydrogens (tertiary/aromatic N) is 4. The van der Waals surface area contributed by atoms with Gasteiger partial charge in [0.05, 0.1) is 30.8 Å². The van der Waals surface area contributed by atoms with Crippen molar-refractivity contribution in [2.24, 2.45) is 10.2 Å². The van der Waals surface area contributed by atoms with Crippen molar-refractivity contribution in [2.75, 3.05) is 14.2 Å². The number of hydrogen-bond acceptors (Lipinski definition) is 6. The highest BCUT2D eigenvalue weighted by Crippen LogP contribution is 2.37. The molecule has 176 valence electrons. The summed E-state index contributed by atoms with van der Waals surface area (Å²) in [5.74, 6) is 1.30. The van der Waals surface area contributed by atoms with Gasteiger partial charge in [-0.1, -0.05) is 6.07 Å². The van der Waals surface area contributed by atoms with Crippen LogP contribution in [0.4, 0.5) is 5.69 Å². The highest BCUT2D eigenvalue weighted by atomic mass is 16.5. The molecule has 0 spiro atoms. The minimum Gasteiger partial charge on any atom is -0.497 e. The van der Waals surface area contributed by atoms with Crippen LogP contribution in [0.5, 0.6) is 17.4 Å². The van der Waals surface area contributed by atoms with Gasteiger partial charge in [0.1, 0.15) is 23.9 Å². The summed E-state index contributed by atoms with van der Waals surface area (Å²) in [6.45, 7) is 1.92. The molecular weight excluding hydrogens is 446 g/mol. The number of aryl methyl sites for hydroxylation is 1. The third-order valence-electron chi connectivity index (χ3n) is 5.77. The van der Waals surface area contributed by atoms with E-state index >= 15 is 0 Å². The molecule has 0 atom stereocenters. The number of carbonyl (C=O) groups is 1. The number of aromatic nitrogens is 3. The first-order chi connectivity index (χ1) is 17.0. The lowest BCUT2D eigenvalue weighted by atomic mass is 10.2. The second-order valence-corrected chi connectivity index (χ2v) is 8.07. The van der Waals surface area contributed by atoms with Gasteiger partial charge >= 0.3 is 0 Å². The van der Waals surface area contributed by atoms with Crippen LogP contribution in [0.25, 0.3) is 33.3 Å². The third kappa shape index (κ3) is 4.19. The molecular formula is C26H23N5O4. The lowest BCUT2D eigenvalue weighted by molar-refractivity contribution is -0.118. The summed E-state index contributed by atoms with van der Waals surface area (Å²) < 4.78 is 12.3. The number of hydrogen-bond donors (Lipinski definition) is 2. The quantitative estimate of drug-likeness (QED) is 0.318. The first-order valence-electron chi connectivity index (χ1n) is 10.9. The van der Waals surface area contributed by atoms with E-state index in [4.69, 9.17) is 14.5 Å². The molecule has 2 heterocycles. The minimum atomic E-state index is -0.490. The maximum Gasteiger partial charge on any atom is 0.284 e. The van der Waals surface area contributed by atoms with E-state index in [9.17, 15) is 9.90 Å². The number of imidazole rings is 1. The predicted octanol–water partition coefficient (Wildman–Crippen LogP) is 5.53. The maximum absolute atomic E-state index is 12.9. The molecule has 5 aromatic rings. The van der Waals surface area contributed by atoms with E-state index in [0.29, 0.717) is 22.5 Å². The molecule has 0 aliphatic rings. The summed E-state index contributed by atoms with van der Waals surface area (Å²) in [7, 11) is 3.16. The molecule has 9 heteroatoms. The fourth-order valence-corrected chi connectivity index (χ4v) is 4.00. The smallest absolute Gasteiger partial charge is 0.284 e. The molecule has 2 N–H and O–H groups in total. The number of nitrogens with one attached hydrogen (secondary N) is 1. The van der Waals surface area contributed by atoms with Gasteiger partial charge in [-0.15, -0.1) is 10.2 Å². The zero-order valence-corrected chi connectivity index (χ0v) is 19.4. The molecule has 5 rings (SSSR count). The van der Waals surface area contributed by atoms with E-state index < -0.39 is 5.91 Å². The van der Waals surface area contributed by atoms with E-state index in [2.05, 4.69) is 15.2 Å². The normalized spacial score (nSPS) is 11.5. The number of azo groups is 1. The zero-order valence-electron chi connectivity index (χ0n) is 19.4. The van der Waals surface area contributed by atoms with Crippen LogP contribution in [0.15, 0.2) is 70.9 Å². The van der Waals surface area contributed by atoms with E-state index in [0.717, 1.165) is 27.9 Å². The highest BCUT2D eigenvalue weighted by Gasteiger charge is 2.17. The Morgan fingerprint density at radius 2 is 1.77 bits per heavy atom. The molecule has 35 heavy (non-hydrogen) atoms. The summed E-state index contributed by atoms with van der Waals surface area (Å²) in [6.07, 6.45) is 0. The number of H-pyrrole nitrogens is 1. The Hall–Kier alpha value is -4.66. The summed E-state index contributed by atoms with van der Waals surface area (Å²) in [6, 6.07) is 18.6. The van der Waals surface area contributed by atoms with Crippen LogP contribution < -0.4 is 9.47 Å². The van der Waals surface area contributed by atoms with Gasteiger partial charge in [-0.05, 0) is 67.1 Å². The fourth-order valence-electron chi connectivity index (χ4n) is 4.00. The molecule has 3 aromatic carbocycles. The number of methoxy groups -OCH3 is 2. The fraction of sp³-hybridized carbons (Fsp3) is 0.154. The molecule has 0 bridgehead atoms. The molecule has 1 amide bonds. The van der Waals surface area contributed by atoms with Gasteiger partial charge in [-0.3, -0.25) is 4.79 Å². The van der Waals surface area contributed by atoms with Crippen molar-refractivity contribution in [1.82, 2.24) is 14.5 Å². The summed E-state index contributed by atoms with van der Waals surface area (Å²) in [5.41, 5.74) is 4.33. The number of amides is 1. The molecule has 0 unspecified atom stereocenters. The number of ether oxygens (including phenoxy) is 2. The van der Waals surface area contributed by atoms with Crippen LogP contribution in [0.3, 0.4) is 0 Å². The second kappa shape index (κ2) is 8.94. The van der Waals surface area contributed by atoms with Crippen molar-refractivity contribution in [3.63, 3.8) is 0 Å². The number of aromatic amines is 1. The van der Waals surface area contributed by atoms with Crippen molar-refractivity contribution >= 4 is 33.5 Å². The third-order valence-corrected chi connectivity index (χ3v) is 5.77. The minimum absolute atomic E-state index is 0.0726. The number of fused-ring (bicyclic) bond motifs is 2. The molecule has 0 saturated heterocycles. The highest BCUT2D eigenvalue weighted by molar-refractivity contribution is 5.95. The van der Waals surface area contributed by atoms with Crippen molar-refractivity contribution in [3.05, 3.63) is 66.2 Å². The first kappa shape index (κ1) is 22.1. The number of aromatic hydroxyl groups is 1. The molecule has 9 nitrogen and oxygen atoms in total. The largest absolute Gasteiger partial charge is 0.497 e. The Labute approximate surface area is 200 Å². The SMILES string of the molecule is COc1ccc(-c2nc3cc(C)ccc3n2CC(=O)N=Nc2c(O)[nH]c3ccc(OC)cc23)cc1. The van der Waals surface area contributed by atoms with Gasteiger partial charge in [0.15, 0.2) is 5.69 Å². The lowest BCUT2D eigenvalue weighted by Gasteiger charge is -2.08. The molecule has 0 saturated carbocycles. The molecule has 0 radical (unpaired) electrons. The van der Waals surface area contributed by atoms with Crippen LogP contribution >= 0.6 is 0 Å². The monoisotopic (exact) mass is 469 g/mol. The van der Waals surface area contributed by atoms with E-state index in [1.807, 2.05) is 54.0 Å². The van der Waals surface area contributed by atoms with E-state index in [1.165, 1.54) is 0 Å². The number of benzene rings is 3. The Kier molecular flexibility index (Phi) is 5.66. The van der Waals surface area contributed by atoms with Crippen LogP contribution in [0, 0.1) is 6.92 Å². The Morgan fingerprint density at radius 1 is 1.03 bits per heavy atom. The average molecular weight is 470 g/mol. The van der Waals surface area contributed by atoms with Gasteiger partial charge < -0.3 is 24.1 Å². The van der Waals surface area contributed by atoms with Crippen LogP contribution in [0.2, 0.25) is 0 Å². The molecule has 0 aliphatic carbocycles. The Bertz CT molecular complexity index is 1580. The average Bonchev–Trinajstić information content (AvgIpc) is 3.38. The summed E-state index contributed by atoms with van der Waals surface area (Å²) >= 11 is 0. The summed E-state index contributed by atoms with van der Waals surface area (Å²) in [5, 5.41) is 18.8. The first-order valence-corrected chi connectivity index (χ1v) is 10.9. The van der Waals surface area contributed by atoms with Crippen molar-refractivity contribution in [2.45, 2.75) is 13.5 Å². The lowest BCUT2D eigenvalue weighted by Crippen LogP contribution is -2.08.